The van der Waals surface area contributed by atoms with E-state index in [0.717, 1.165) is 29.0 Å². The molecule has 0 aliphatic heterocycles. The van der Waals surface area contributed by atoms with Crippen LogP contribution in [0.2, 0.25) is 0 Å². The van der Waals surface area contributed by atoms with E-state index in [2.05, 4.69) is 50.5 Å². The molecule has 0 bridgehead atoms. The average molecular weight is 399 g/mol. The van der Waals surface area contributed by atoms with Gasteiger partial charge < -0.3 is 10.1 Å². The van der Waals surface area contributed by atoms with Gasteiger partial charge >= 0.3 is 0 Å². The molecule has 1 atom stereocenters. The molecule has 2 aromatic carbocycles. The highest BCUT2D eigenvalue weighted by atomic mass is 32.1. The summed E-state index contributed by atoms with van der Waals surface area (Å²) in [6.45, 7) is 10.4. The molecule has 0 aliphatic carbocycles. The Balaban J connectivity index is 1.96. The van der Waals surface area contributed by atoms with Crippen LogP contribution in [0.25, 0.3) is 0 Å². The normalized spacial score (nSPS) is 11.8. The molecule has 0 aliphatic rings. The third-order valence-electron chi connectivity index (χ3n) is 4.76. The number of carbonyl (C=O) groups is 1. The molecular weight excluding hydrogens is 368 g/mol. The quantitative estimate of drug-likeness (QED) is 0.603. The second-order valence-corrected chi connectivity index (χ2v) is 7.79. The first-order valence-electron chi connectivity index (χ1n) is 9.74. The summed E-state index contributed by atoms with van der Waals surface area (Å²) in [7, 11) is 0. The van der Waals surface area contributed by atoms with Crippen molar-refractivity contribution in [2.75, 3.05) is 11.9 Å². The minimum absolute atomic E-state index is 0.0853. The Morgan fingerprint density at radius 3 is 2.50 bits per heavy atom. The first kappa shape index (κ1) is 21.9. The maximum absolute atomic E-state index is 12.3. The lowest BCUT2D eigenvalue weighted by Crippen LogP contribution is -2.37. The summed E-state index contributed by atoms with van der Waals surface area (Å²) in [5.41, 5.74) is 4.28. The minimum Gasteiger partial charge on any atom is -0.483 e. The number of benzene rings is 2. The molecule has 0 spiro atoms. The van der Waals surface area contributed by atoms with Crippen molar-refractivity contribution in [3.05, 3.63) is 59.2 Å². The van der Waals surface area contributed by atoms with Crippen molar-refractivity contribution in [1.82, 2.24) is 5.32 Å². The zero-order chi connectivity index (χ0) is 20.7. The van der Waals surface area contributed by atoms with Gasteiger partial charge in [0.2, 0.25) is 0 Å². The van der Waals surface area contributed by atoms with Crippen LogP contribution in [0.5, 0.6) is 5.75 Å². The van der Waals surface area contributed by atoms with Crippen molar-refractivity contribution in [2.24, 2.45) is 0 Å². The number of hydrogen-bond donors (Lipinski definition) is 2. The van der Waals surface area contributed by atoms with E-state index in [1.165, 1.54) is 5.56 Å². The zero-order valence-corrected chi connectivity index (χ0v) is 18.2. The van der Waals surface area contributed by atoms with Gasteiger partial charge in [-0.3, -0.25) is 10.1 Å². The smallest absolute Gasteiger partial charge is 0.264 e. The van der Waals surface area contributed by atoms with Crippen molar-refractivity contribution in [2.45, 2.75) is 52.9 Å². The standard InChI is InChI=1S/C23H30N2O2S/c1-6-17(5)19-9-7-8-10-20(19)24-23(28)25-22(26)14-27-21-13-16(4)11-12-18(21)15(2)3/h7-13,15,17H,6,14H2,1-5H3,(H2,24,25,26,28)/t17-/m0/s1. The van der Waals surface area contributed by atoms with Gasteiger partial charge in [0.25, 0.3) is 5.91 Å². The van der Waals surface area contributed by atoms with Crippen molar-refractivity contribution in [3.8, 4) is 5.75 Å². The molecule has 0 saturated carbocycles. The highest BCUT2D eigenvalue weighted by Gasteiger charge is 2.13. The molecule has 28 heavy (non-hydrogen) atoms. The van der Waals surface area contributed by atoms with Crippen LogP contribution in [-0.4, -0.2) is 17.6 Å². The molecular formula is C23H30N2O2S. The van der Waals surface area contributed by atoms with Gasteiger partial charge in [-0.2, -0.15) is 0 Å². The van der Waals surface area contributed by atoms with Crippen LogP contribution in [0.15, 0.2) is 42.5 Å². The number of carbonyl (C=O) groups excluding carboxylic acids is 1. The lowest BCUT2D eigenvalue weighted by molar-refractivity contribution is -0.121. The monoisotopic (exact) mass is 398 g/mol. The van der Waals surface area contributed by atoms with E-state index in [-0.39, 0.29) is 17.6 Å². The van der Waals surface area contributed by atoms with E-state index >= 15 is 0 Å². The van der Waals surface area contributed by atoms with Gasteiger partial charge in [-0.05, 0) is 66.2 Å². The van der Waals surface area contributed by atoms with Crippen LogP contribution in [0, 0.1) is 6.92 Å². The summed E-state index contributed by atoms with van der Waals surface area (Å²) in [4.78, 5) is 12.3. The fourth-order valence-electron chi connectivity index (χ4n) is 2.96. The Morgan fingerprint density at radius 2 is 1.82 bits per heavy atom. The third kappa shape index (κ3) is 6.06. The summed E-state index contributed by atoms with van der Waals surface area (Å²) < 4.78 is 5.77. The summed E-state index contributed by atoms with van der Waals surface area (Å²) in [5.74, 6) is 1.18. The number of rotatable bonds is 7. The molecule has 2 N–H and O–H groups in total. The van der Waals surface area contributed by atoms with Gasteiger partial charge in [0.1, 0.15) is 5.75 Å². The molecule has 0 fully saturated rings. The predicted molar refractivity (Wildman–Crippen MR) is 120 cm³/mol. The molecule has 2 rings (SSSR count). The Hall–Kier alpha value is -2.40. The number of aryl methyl sites for hydroxylation is 1. The van der Waals surface area contributed by atoms with E-state index < -0.39 is 0 Å². The van der Waals surface area contributed by atoms with Crippen LogP contribution in [-0.2, 0) is 4.79 Å². The second-order valence-electron chi connectivity index (χ2n) is 7.38. The van der Waals surface area contributed by atoms with Crippen molar-refractivity contribution in [3.63, 3.8) is 0 Å². The number of ether oxygens (including phenoxy) is 1. The van der Waals surface area contributed by atoms with Crippen molar-refractivity contribution >= 4 is 28.9 Å². The summed E-state index contributed by atoms with van der Waals surface area (Å²) in [6.07, 6.45) is 1.03. The van der Waals surface area contributed by atoms with Crippen LogP contribution in [0.1, 0.15) is 62.6 Å². The SMILES string of the molecule is CC[C@H](C)c1ccccc1NC(=S)NC(=O)COc1cc(C)ccc1C(C)C. The Labute approximate surface area is 173 Å². The lowest BCUT2D eigenvalue weighted by atomic mass is 9.97. The maximum Gasteiger partial charge on any atom is 0.264 e. The van der Waals surface area contributed by atoms with E-state index in [4.69, 9.17) is 17.0 Å². The van der Waals surface area contributed by atoms with Crippen LogP contribution < -0.4 is 15.4 Å². The highest BCUT2D eigenvalue weighted by molar-refractivity contribution is 7.80. The van der Waals surface area contributed by atoms with E-state index in [1.807, 2.05) is 37.3 Å². The Bertz CT molecular complexity index is 833. The van der Waals surface area contributed by atoms with E-state index in [9.17, 15) is 4.79 Å². The molecule has 0 saturated heterocycles. The van der Waals surface area contributed by atoms with E-state index in [0.29, 0.717) is 11.8 Å². The van der Waals surface area contributed by atoms with Gasteiger partial charge in [0.15, 0.2) is 11.7 Å². The van der Waals surface area contributed by atoms with Gasteiger partial charge in [0.05, 0.1) is 0 Å². The minimum atomic E-state index is -0.283. The summed E-state index contributed by atoms with van der Waals surface area (Å²) in [5, 5.41) is 6.12. The average Bonchev–Trinajstić information content (AvgIpc) is 2.65. The van der Waals surface area contributed by atoms with Crippen LogP contribution in [0.3, 0.4) is 0 Å². The molecule has 0 unspecified atom stereocenters. The van der Waals surface area contributed by atoms with E-state index in [1.54, 1.807) is 0 Å². The molecule has 2 aromatic rings. The topological polar surface area (TPSA) is 50.4 Å². The number of nitrogens with one attached hydrogen (secondary N) is 2. The fourth-order valence-corrected chi connectivity index (χ4v) is 3.19. The number of hydrogen-bond acceptors (Lipinski definition) is 3. The number of para-hydroxylation sites is 1. The van der Waals surface area contributed by atoms with Gasteiger partial charge in [0, 0.05) is 5.69 Å². The maximum atomic E-state index is 12.3. The number of thiocarbonyl (C=S) groups is 1. The van der Waals surface area contributed by atoms with Crippen molar-refractivity contribution in [1.29, 1.82) is 0 Å². The van der Waals surface area contributed by atoms with Crippen LogP contribution in [0.4, 0.5) is 5.69 Å². The summed E-state index contributed by atoms with van der Waals surface area (Å²) >= 11 is 5.32. The number of amides is 1. The first-order chi connectivity index (χ1) is 13.3. The molecule has 0 heterocycles. The largest absolute Gasteiger partial charge is 0.483 e. The highest BCUT2D eigenvalue weighted by Crippen LogP contribution is 2.28. The predicted octanol–water partition coefficient (Wildman–Crippen LogP) is 5.52. The van der Waals surface area contributed by atoms with Crippen molar-refractivity contribution < 1.29 is 9.53 Å². The fraction of sp³-hybridized carbons (Fsp3) is 0.391. The third-order valence-corrected chi connectivity index (χ3v) is 4.96. The molecule has 5 heteroatoms. The Morgan fingerprint density at radius 1 is 1.11 bits per heavy atom. The Kier molecular flexibility index (Phi) is 8.00. The van der Waals surface area contributed by atoms with Gasteiger partial charge in [-0.1, -0.05) is 58.0 Å². The van der Waals surface area contributed by atoms with Gasteiger partial charge in [-0.25, -0.2) is 0 Å². The molecule has 0 aromatic heterocycles. The summed E-state index contributed by atoms with van der Waals surface area (Å²) in [6, 6.07) is 14.1. The van der Waals surface area contributed by atoms with Crippen LogP contribution >= 0.6 is 12.2 Å². The van der Waals surface area contributed by atoms with Gasteiger partial charge in [-0.15, -0.1) is 0 Å². The first-order valence-corrected chi connectivity index (χ1v) is 10.2. The second kappa shape index (κ2) is 10.2. The molecule has 150 valence electrons. The lowest BCUT2D eigenvalue weighted by Gasteiger charge is -2.17. The number of anilines is 1. The molecule has 0 radical (unpaired) electrons. The molecule has 4 nitrogen and oxygen atoms in total. The molecule has 1 amide bonds. The zero-order valence-electron chi connectivity index (χ0n) is 17.3.